The van der Waals surface area contributed by atoms with Crippen molar-refractivity contribution in [3.63, 3.8) is 0 Å². The summed E-state index contributed by atoms with van der Waals surface area (Å²) in [4.78, 5) is 13.6. The van der Waals surface area contributed by atoms with Crippen LogP contribution in [0.15, 0.2) is 23.1 Å². The predicted molar refractivity (Wildman–Crippen MR) is 86.2 cm³/mol. The van der Waals surface area contributed by atoms with Crippen LogP contribution >= 0.6 is 0 Å². The molecule has 0 aliphatic carbocycles. The van der Waals surface area contributed by atoms with Crippen molar-refractivity contribution < 1.29 is 13.2 Å². The first-order valence-corrected chi connectivity index (χ1v) is 8.88. The van der Waals surface area contributed by atoms with Crippen molar-refractivity contribution in [1.29, 1.82) is 0 Å². The number of carbonyl (C=O) groups excluding carboxylic acids is 1. The van der Waals surface area contributed by atoms with Crippen molar-refractivity contribution >= 4 is 21.6 Å². The molecule has 1 heterocycles. The van der Waals surface area contributed by atoms with Crippen LogP contribution < -0.4 is 15.4 Å². The number of nitrogens with zero attached hydrogens (tertiary/aromatic N) is 1. The molecule has 0 radical (unpaired) electrons. The van der Waals surface area contributed by atoms with E-state index in [4.69, 9.17) is 5.73 Å². The largest absolute Gasteiger partial charge is 0.328 e. The Balaban J connectivity index is 2.22. The molecule has 0 spiro atoms. The van der Waals surface area contributed by atoms with Gasteiger partial charge in [-0.1, -0.05) is 0 Å². The molecular weight excluding hydrogens is 302 g/mol. The number of hydrogen-bond acceptors (Lipinski definition) is 4. The van der Waals surface area contributed by atoms with E-state index in [2.05, 4.69) is 4.72 Å². The molecule has 1 aromatic rings. The fraction of sp³-hybridized carbons (Fsp3) is 0.533. The summed E-state index contributed by atoms with van der Waals surface area (Å²) in [6.45, 7) is 5.62. The second-order valence-corrected chi connectivity index (χ2v) is 7.66. The van der Waals surface area contributed by atoms with E-state index < -0.39 is 10.0 Å². The Morgan fingerprint density at radius 3 is 2.77 bits per heavy atom. The Morgan fingerprint density at radius 1 is 1.50 bits per heavy atom. The van der Waals surface area contributed by atoms with Crippen LogP contribution in [0.25, 0.3) is 0 Å². The van der Waals surface area contributed by atoms with Crippen LogP contribution in [0.1, 0.15) is 32.8 Å². The van der Waals surface area contributed by atoms with Gasteiger partial charge in [0.25, 0.3) is 0 Å². The molecule has 22 heavy (non-hydrogen) atoms. The predicted octanol–water partition coefficient (Wildman–Crippen LogP) is 1.000. The number of benzene rings is 1. The van der Waals surface area contributed by atoms with Crippen LogP contribution in [0.5, 0.6) is 0 Å². The number of anilines is 1. The summed E-state index contributed by atoms with van der Waals surface area (Å²) in [5, 5.41) is 0. The highest BCUT2D eigenvalue weighted by Gasteiger charge is 2.30. The van der Waals surface area contributed by atoms with Crippen LogP contribution in [0, 0.1) is 0 Å². The monoisotopic (exact) mass is 325 g/mol. The highest BCUT2D eigenvalue weighted by atomic mass is 32.2. The van der Waals surface area contributed by atoms with Gasteiger partial charge in [0.1, 0.15) is 0 Å². The minimum Gasteiger partial charge on any atom is -0.328 e. The number of hydrogen-bond donors (Lipinski definition) is 2. The molecule has 1 aliphatic rings. The van der Waals surface area contributed by atoms with Crippen molar-refractivity contribution in [3.8, 4) is 0 Å². The minimum atomic E-state index is -3.54. The summed E-state index contributed by atoms with van der Waals surface area (Å²) >= 11 is 0. The van der Waals surface area contributed by atoms with Crippen molar-refractivity contribution in [1.82, 2.24) is 4.72 Å². The summed E-state index contributed by atoms with van der Waals surface area (Å²) in [7, 11) is -3.54. The number of fused-ring (bicyclic) bond motifs is 1. The highest BCUT2D eigenvalue weighted by Crippen LogP contribution is 2.33. The van der Waals surface area contributed by atoms with Gasteiger partial charge in [-0.05, 0) is 50.5 Å². The van der Waals surface area contributed by atoms with Crippen molar-refractivity contribution in [2.45, 2.75) is 50.6 Å². The normalized spacial score (nSPS) is 19.1. The van der Waals surface area contributed by atoms with Gasteiger partial charge in [-0.15, -0.1) is 0 Å². The molecule has 122 valence electrons. The van der Waals surface area contributed by atoms with Gasteiger partial charge >= 0.3 is 0 Å². The van der Waals surface area contributed by atoms with Gasteiger partial charge in [0.15, 0.2) is 0 Å². The smallest absolute Gasteiger partial charge is 0.240 e. The first-order valence-electron chi connectivity index (χ1n) is 7.40. The Labute approximate surface area is 131 Å². The third-order valence-corrected chi connectivity index (χ3v) is 5.27. The number of sulfonamides is 1. The van der Waals surface area contributed by atoms with E-state index in [1.807, 2.05) is 13.8 Å². The zero-order chi connectivity index (χ0) is 16.5. The quantitative estimate of drug-likeness (QED) is 0.845. The summed E-state index contributed by atoms with van der Waals surface area (Å²) in [6.07, 6.45) is 1.25. The number of rotatable bonds is 5. The Hall–Kier alpha value is -1.44. The third kappa shape index (κ3) is 3.48. The number of carbonyl (C=O) groups is 1. The van der Waals surface area contributed by atoms with E-state index in [-0.39, 0.29) is 22.9 Å². The Morgan fingerprint density at radius 2 is 2.18 bits per heavy atom. The SMILES string of the molecule is CC(=O)N1c2ccc(S(=O)(=O)NCCC(C)N)cc2CC1C. The lowest BCUT2D eigenvalue weighted by Gasteiger charge is -2.20. The molecular formula is C15H23N3O3S. The molecule has 0 saturated heterocycles. The summed E-state index contributed by atoms with van der Waals surface area (Å²) in [5.41, 5.74) is 7.31. The molecule has 0 saturated carbocycles. The molecule has 0 aromatic heterocycles. The lowest BCUT2D eigenvalue weighted by Crippen LogP contribution is -2.33. The maximum atomic E-state index is 12.3. The minimum absolute atomic E-state index is 0.0306. The van der Waals surface area contributed by atoms with Gasteiger partial charge in [-0.2, -0.15) is 0 Å². The number of nitrogens with two attached hydrogens (primary N) is 1. The lowest BCUT2D eigenvalue weighted by atomic mass is 10.1. The van der Waals surface area contributed by atoms with E-state index in [1.165, 1.54) is 6.92 Å². The molecule has 1 amide bonds. The zero-order valence-electron chi connectivity index (χ0n) is 13.2. The molecule has 1 aliphatic heterocycles. The van der Waals surface area contributed by atoms with E-state index >= 15 is 0 Å². The van der Waals surface area contributed by atoms with Crippen LogP contribution in [0.3, 0.4) is 0 Å². The standard InChI is InChI=1S/C15H23N3O3S/c1-10(16)6-7-17-22(20,21)14-4-5-15-13(9-14)8-11(2)18(15)12(3)19/h4-5,9-11,17H,6-8,16H2,1-3H3. The fourth-order valence-corrected chi connectivity index (χ4v) is 3.86. The van der Waals surface area contributed by atoms with Crippen LogP contribution in [-0.4, -0.2) is 33.0 Å². The van der Waals surface area contributed by atoms with Gasteiger partial charge in [0.2, 0.25) is 15.9 Å². The maximum Gasteiger partial charge on any atom is 0.240 e. The highest BCUT2D eigenvalue weighted by molar-refractivity contribution is 7.89. The van der Waals surface area contributed by atoms with E-state index in [9.17, 15) is 13.2 Å². The average Bonchev–Trinajstić information content (AvgIpc) is 2.72. The van der Waals surface area contributed by atoms with Gasteiger partial charge < -0.3 is 10.6 Å². The zero-order valence-corrected chi connectivity index (χ0v) is 14.0. The molecule has 6 nitrogen and oxygen atoms in total. The van der Waals surface area contributed by atoms with Crippen molar-refractivity contribution in [2.75, 3.05) is 11.4 Å². The van der Waals surface area contributed by atoms with E-state index in [1.54, 1.807) is 23.1 Å². The first-order chi connectivity index (χ1) is 10.2. The molecule has 0 bridgehead atoms. The van der Waals surface area contributed by atoms with Crippen LogP contribution in [-0.2, 0) is 21.2 Å². The average molecular weight is 325 g/mol. The second-order valence-electron chi connectivity index (χ2n) is 5.90. The van der Waals surface area contributed by atoms with Gasteiger partial charge in [0, 0.05) is 31.2 Å². The molecule has 2 unspecified atom stereocenters. The summed E-state index contributed by atoms with van der Waals surface area (Å²) in [5.74, 6) is -0.0306. The van der Waals surface area contributed by atoms with Gasteiger partial charge in [-0.25, -0.2) is 13.1 Å². The maximum absolute atomic E-state index is 12.3. The number of amides is 1. The molecule has 0 fully saturated rings. The van der Waals surface area contributed by atoms with Crippen LogP contribution in [0.2, 0.25) is 0 Å². The van der Waals surface area contributed by atoms with E-state index in [0.717, 1.165) is 11.3 Å². The fourth-order valence-electron chi connectivity index (χ4n) is 2.76. The number of nitrogens with one attached hydrogen (secondary N) is 1. The van der Waals surface area contributed by atoms with E-state index in [0.29, 0.717) is 19.4 Å². The van der Waals surface area contributed by atoms with Crippen LogP contribution in [0.4, 0.5) is 5.69 Å². The Kier molecular flexibility index (Phi) is 4.89. The lowest BCUT2D eigenvalue weighted by molar-refractivity contribution is -0.116. The van der Waals surface area contributed by atoms with Crippen molar-refractivity contribution in [3.05, 3.63) is 23.8 Å². The summed E-state index contributed by atoms with van der Waals surface area (Å²) in [6, 6.07) is 4.91. The molecule has 1 aromatic carbocycles. The topological polar surface area (TPSA) is 92.5 Å². The molecule has 2 atom stereocenters. The van der Waals surface area contributed by atoms with Gasteiger partial charge in [-0.3, -0.25) is 4.79 Å². The van der Waals surface area contributed by atoms with Crippen molar-refractivity contribution in [2.24, 2.45) is 5.73 Å². The molecule has 7 heteroatoms. The van der Waals surface area contributed by atoms with Gasteiger partial charge in [0.05, 0.1) is 4.90 Å². The Bertz CT molecular complexity index is 671. The first kappa shape index (κ1) is 16.9. The summed E-state index contributed by atoms with van der Waals surface area (Å²) < 4.78 is 27.1. The third-order valence-electron chi connectivity index (χ3n) is 3.81. The molecule has 3 N–H and O–H groups in total. The molecule has 2 rings (SSSR count). The second kappa shape index (κ2) is 6.36.